The molecule has 1 heterocycles. The van der Waals surface area contributed by atoms with Crippen molar-refractivity contribution >= 4 is 22.0 Å². The van der Waals surface area contributed by atoms with Crippen LogP contribution in [-0.2, 0) is 14.8 Å². The van der Waals surface area contributed by atoms with Crippen LogP contribution in [0.3, 0.4) is 0 Å². The lowest BCUT2D eigenvalue weighted by molar-refractivity contribution is -0.127. The first-order valence-electron chi connectivity index (χ1n) is 5.88. The van der Waals surface area contributed by atoms with Crippen molar-refractivity contribution in [2.45, 2.75) is 27.7 Å². The minimum atomic E-state index is -3.26. The molecule has 0 spiro atoms. The molecular formula is C13H20N2O3S. The molecule has 1 aromatic heterocycles. The van der Waals surface area contributed by atoms with Gasteiger partial charge in [0.25, 0.3) is 0 Å². The summed E-state index contributed by atoms with van der Waals surface area (Å²) in [7, 11) is -3.26. The van der Waals surface area contributed by atoms with E-state index >= 15 is 0 Å². The van der Waals surface area contributed by atoms with Gasteiger partial charge < -0.3 is 5.32 Å². The van der Waals surface area contributed by atoms with Crippen LogP contribution in [-0.4, -0.2) is 24.6 Å². The normalized spacial score (nSPS) is 13.4. The summed E-state index contributed by atoms with van der Waals surface area (Å²) in [4.78, 5) is 11.8. The van der Waals surface area contributed by atoms with Crippen LogP contribution in [0.15, 0.2) is 24.2 Å². The van der Waals surface area contributed by atoms with Crippen molar-refractivity contribution < 1.29 is 13.2 Å². The van der Waals surface area contributed by atoms with Crippen LogP contribution in [0, 0.1) is 5.41 Å². The Kier molecular flexibility index (Phi) is 4.25. The monoisotopic (exact) mass is 284 g/mol. The van der Waals surface area contributed by atoms with E-state index in [1.807, 2.05) is 20.8 Å². The third-order valence-electron chi connectivity index (χ3n) is 2.45. The van der Waals surface area contributed by atoms with Gasteiger partial charge in [0.05, 0.1) is 6.26 Å². The molecule has 1 amide bonds. The molecule has 0 aliphatic heterocycles. The van der Waals surface area contributed by atoms with Crippen LogP contribution in [0.4, 0.5) is 0 Å². The van der Waals surface area contributed by atoms with Gasteiger partial charge in [-0.1, -0.05) is 20.8 Å². The molecule has 1 N–H and O–H groups in total. The smallest absolute Gasteiger partial charge is 0.235 e. The van der Waals surface area contributed by atoms with E-state index in [2.05, 4.69) is 5.32 Å². The first-order chi connectivity index (χ1) is 8.50. The summed E-state index contributed by atoms with van der Waals surface area (Å²) in [5.74, 6) is -0.0798. The SMILES string of the molecule is C/C(=C/c1ccn(S(C)(=O)=O)c1)NC(=O)C(C)(C)C. The van der Waals surface area contributed by atoms with Gasteiger partial charge in [-0.2, -0.15) is 0 Å². The number of aromatic nitrogens is 1. The van der Waals surface area contributed by atoms with Crippen LogP contribution in [0.25, 0.3) is 6.08 Å². The number of amides is 1. The molecule has 0 bridgehead atoms. The van der Waals surface area contributed by atoms with Crippen molar-refractivity contribution in [3.05, 3.63) is 29.7 Å². The van der Waals surface area contributed by atoms with Gasteiger partial charge in [-0.3, -0.25) is 8.77 Å². The molecule has 0 radical (unpaired) electrons. The van der Waals surface area contributed by atoms with E-state index in [0.29, 0.717) is 5.70 Å². The predicted molar refractivity (Wildman–Crippen MR) is 75.9 cm³/mol. The summed E-state index contributed by atoms with van der Waals surface area (Å²) in [6.45, 7) is 7.25. The second-order valence-electron chi connectivity index (χ2n) is 5.57. The van der Waals surface area contributed by atoms with Crippen molar-refractivity contribution in [2.24, 2.45) is 5.41 Å². The zero-order valence-electron chi connectivity index (χ0n) is 11.9. The molecule has 1 aromatic rings. The molecule has 0 fully saturated rings. The molecule has 5 nitrogen and oxygen atoms in total. The van der Waals surface area contributed by atoms with E-state index in [0.717, 1.165) is 15.8 Å². The van der Waals surface area contributed by atoms with Crippen molar-refractivity contribution in [2.75, 3.05) is 6.26 Å². The molecular weight excluding hydrogens is 264 g/mol. The Balaban J connectivity index is 2.86. The van der Waals surface area contributed by atoms with Gasteiger partial charge >= 0.3 is 0 Å². The maximum absolute atomic E-state index is 11.8. The van der Waals surface area contributed by atoms with Crippen molar-refractivity contribution in [3.8, 4) is 0 Å². The molecule has 0 unspecified atom stereocenters. The number of carbonyl (C=O) groups is 1. The fourth-order valence-electron chi connectivity index (χ4n) is 1.34. The fraction of sp³-hybridized carbons (Fsp3) is 0.462. The molecule has 0 aromatic carbocycles. The largest absolute Gasteiger partial charge is 0.330 e. The molecule has 0 atom stereocenters. The molecule has 1 rings (SSSR count). The third kappa shape index (κ3) is 4.55. The number of allylic oxidation sites excluding steroid dienone is 1. The van der Waals surface area contributed by atoms with E-state index < -0.39 is 15.4 Å². The molecule has 0 aliphatic rings. The minimum Gasteiger partial charge on any atom is -0.330 e. The predicted octanol–water partition coefficient (Wildman–Crippen LogP) is 1.82. The lowest BCUT2D eigenvalue weighted by atomic mass is 9.95. The topological polar surface area (TPSA) is 68.2 Å². The maximum atomic E-state index is 11.8. The fourth-order valence-corrected chi connectivity index (χ4v) is 1.93. The van der Waals surface area contributed by atoms with Gasteiger partial charge in [-0.25, -0.2) is 8.42 Å². The van der Waals surface area contributed by atoms with E-state index in [9.17, 15) is 13.2 Å². The minimum absolute atomic E-state index is 0.0798. The van der Waals surface area contributed by atoms with Crippen molar-refractivity contribution in [1.82, 2.24) is 9.29 Å². The van der Waals surface area contributed by atoms with Crippen LogP contribution >= 0.6 is 0 Å². The number of nitrogens with zero attached hydrogens (tertiary/aromatic N) is 1. The second-order valence-corrected chi connectivity index (χ2v) is 7.46. The Morgan fingerprint density at radius 3 is 2.37 bits per heavy atom. The molecule has 0 saturated carbocycles. The van der Waals surface area contributed by atoms with Gasteiger partial charge in [-0.15, -0.1) is 0 Å². The molecule has 0 saturated heterocycles. The average Bonchev–Trinajstić information content (AvgIpc) is 2.63. The zero-order valence-corrected chi connectivity index (χ0v) is 12.7. The summed E-state index contributed by atoms with van der Waals surface area (Å²) in [6.07, 6.45) is 5.84. The van der Waals surface area contributed by atoms with Gasteiger partial charge in [0.2, 0.25) is 15.9 Å². The van der Waals surface area contributed by atoms with Crippen LogP contribution in [0.2, 0.25) is 0 Å². The number of nitrogens with one attached hydrogen (secondary N) is 1. The van der Waals surface area contributed by atoms with E-state index in [4.69, 9.17) is 0 Å². The van der Waals surface area contributed by atoms with E-state index in [1.165, 1.54) is 12.4 Å². The first kappa shape index (κ1) is 15.5. The standard InChI is InChI=1S/C13H20N2O3S/c1-10(14-12(16)13(2,3)4)8-11-6-7-15(9-11)19(5,17)18/h6-9H,1-5H3,(H,14,16)/b10-8-. The summed E-state index contributed by atoms with van der Waals surface area (Å²) in [6, 6.07) is 1.67. The van der Waals surface area contributed by atoms with Gasteiger partial charge in [0, 0.05) is 23.5 Å². The quantitative estimate of drug-likeness (QED) is 0.920. The molecule has 106 valence electrons. The second kappa shape index (κ2) is 5.21. The Bertz CT molecular complexity index is 604. The highest BCUT2D eigenvalue weighted by atomic mass is 32.2. The lowest BCUT2D eigenvalue weighted by Gasteiger charge is -2.17. The van der Waals surface area contributed by atoms with Gasteiger partial charge in [0.1, 0.15) is 0 Å². The Hall–Kier alpha value is -1.56. The molecule has 6 heteroatoms. The van der Waals surface area contributed by atoms with Crippen LogP contribution in [0.1, 0.15) is 33.3 Å². The number of carbonyl (C=O) groups excluding carboxylic acids is 1. The average molecular weight is 284 g/mol. The molecule has 0 aliphatic carbocycles. The Morgan fingerprint density at radius 2 is 1.95 bits per heavy atom. The number of rotatable bonds is 3. The summed E-state index contributed by atoms with van der Waals surface area (Å²) >= 11 is 0. The van der Waals surface area contributed by atoms with Crippen molar-refractivity contribution in [1.29, 1.82) is 0 Å². The van der Waals surface area contributed by atoms with Crippen molar-refractivity contribution in [3.63, 3.8) is 0 Å². The van der Waals surface area contributed by atoms with Crippen LogP contribution in [0.5, 0.6) is 0 Å². The van der Waals surface area contributed by atoms with Gasteiger partial charge in [0.15, 0.2) is 0 Å². The lowest BCUT2D eigenvalue weighted by Crippen LogP contribution is -2.33. The van der Waals surface area contributed by atoms with Gasteiger partial charge in [-0.05, 0) is 24.6 Å². The summed E-state index contributed by atoms with van der Waals surface area (Å²) < 4.78 is 23.8. The number of hydrogen-bond acceptors (Lipinski definition) is 3. The maximum Gasteiger partial charge on any atom is 0.235 e. The highest BCUT2D eigenvalue weighted by Gasteiger charge is 2.20. The highest BCUT2D eigenvalue weighted by molar-refractivity contribution is 7.89. The number of hydrogen-bond donors (Lipinski definition) is 1. The third-order valence-corrected chi connectivity index (χ3v) is 3.44. The zero-order chi connectivity index (χ0) is 14.8. The molecule has 19 heavy (non-hydrogen) atoms. The Labute approximate surface area is 114 Å². The summed E-state index contributed by atoms with van der Waals surface area (Å²) in [5, 5.41) is 2.78. The van der Waals surface area contributed by atoms with E-state index in [1.54, 1.807) is 19.1 Å². The Morgan fingerprint density at radius 1 is 1.37 bits per heavy atom. The summed E-state index contributed by atoms with van der Waals surface area (Å²) in [5.41, 5.74) is 0.927. The van der Waals surface area contributed by atoms with E-state index in [-0.39, 0.29) is 5.91 Å². The van der Waals surface area contributed by atoms with Crippen LogP contribution < -0.4 is 5.32 Å². The first-order valence-corrected chi connectivity index (χ1v) is 7.73. The highest BCUT2D eigenvalue weighted by Crippen LogP contribution is 2.14.